The van der Waals surface area contributed by atoms with Crippen molar-refractivity contribution in [2.75, 3.05) is 7.05 Å². The molecule has 8 heteroatoms. The van der Waals surface area contributed by atoms with E-state index in [9.17, 15) is 9.59 Å². The standard InChI is InChI=1S/C33H38N6O2/c1-3-30-36-26-13-9-10-15-29(26)39(30)20-19-32(41)37-27(14-5-4-6-16-31(40)34-2)33-35-22-28(38-33)25-18-17-23-11-7-8-12-24(23)21-25/h7-13,15,17-18,21-22,27H,3-6,14,16,19-20H2,1-2H3,(H,34,40)(H,35,38)(H,37,41). The van der Waals surface area contributed by atoms with Crippen molar-refractivity contribution in [3.8, 4) is 11.3 Å². The van der Waals surface area contributed by atoms with Crippen molar-refractivity contribution >= 4 is 33.6 Å². The van der Waals surface area contributed by atoms with Crippen LogP contribution in [0.25, 0.3) is 33.1 Å². The number of amides is 2. The minimum Gasteiger partial charge on any atom is -0.359 e. The van der Waals surface area contributed by atoms with Crippen LogP contribution >= 0.6 is 0 Å². The van der Waals surface area contributed by atoms with E-state index >= 15 is 0 Å². The zero-order valence-corrected chi connectivity index (χ0v) is 23.8. The normalized spacial score (nSPS) is 12.0. The largest absolute Gasteiger partial charge is 0.359 e. The van der Waals surface area contributed by atoms with Crippen molar-refractivity contribution < 1.29 is 9.59 Å². The summed E-state index contributed by atoms with van der Waals surface area (Å²) in [5.41, 5.74) is 3.98. The van der Waals surface area contributed by atoms with Crippen molar-refractivity contribution in [2.45, 2.75) is 64.5 Å². The van der Waals surface area contributed by atoms with Gasteiger partial charge in [-0.3, -0.25) is 9.59 Å². The SMILES string of the molecule is CCc1nc2ccccc2n1CCC(=O)NC(CCCCCC(=O)NC)c1ncc(-c2ccc3ccccc3c2)[nH]1. The maximum absolute atomic E-state index is 13.3. The maximum Gasteiger partial charge on any atom is 0.222 e. The Hall–Kier alpha value is -4.46. The number of aryl methyl sites for hydroxylation is 2. The lowest BCUT2D eigenvalue weighted by atomic mass is 10.1. The van der Waals surface area contributed by atoms with Crippen LogP contribution in [0.3, 0.4) is 0 Å². The summed E-state index contributed by atoms with van der Waals surface area (Å²) in [6.45, 7) is 2.65. The monoisotopic (exact) mass is 550 g/mol. The van der Waals surface area contributed by atoms with Gasteiger partial charge in [-0.15, -0.1) is 0 Å². The van der Waals surface area contributed by atoms with Crippen LogP contribution in [0, 0.1) is 0 Å². The van der Waals surface area contributed by atoms with Crippen LogP contribution in [0.15, 0.2) is 72.9 Å². The molecular weight excluding hydrogens is 512 g/mol. The number of aromatic amines is 1. The third-order valence-electron chi connectivity index (χ3n) is 7.61. The number of hydrogen-bond acceptors (Lipinski definition) is 4. The number of carbonyl (C=O) groups is 2. The first kappa shape index (κ1) is 28.1. The molecule has 1 unspecified atom stereocenters. The topological polar surface area (TPSA) is 105 Å². The molecule has 3 aromatic carbocycles. The van der Waals surface area contributed by atoms with Crippen molar-refractivity contribution in [1.29, 1.82) is 0 Å². The minimum atomic E-state index is -0.248. The van der Waals surface area contributed by atoms with E-state index in [-0.39, 0.29) is 17.9 Å². The number of rotatable bonds is 13. The Morgan fingerprint density at radius 3 is 2.56 bits per heavy atom. The molecule has 5 aromatic rings. The molecule has 0 spiro atoms. The fourth-order valence-electron chi connectivity index (χ4n) is 5.35. The molecule has 0 saturated carbocycles. The lowest BCUT2D eigenvalue weighted by Crippen LogP contribution is -2.30. The van der Waals surface area contributed by atoms with Crippen molar-refractivity contribution in [3.05, 3.63) is 84.6 Å². The van der Waals surface area contributed by atoms with Gasteiger partial charge >= 0.3 is 0 Å². The van der Waals surface area contributed by atoms with Gasteiger partial charge < -0.3 is 20.2 Å². The molecule has 0 saturated heterocycles. The number of carbonyl (C=O) groups excluding carboxylic acids is 2. The highest BCUT2D eigenvalue weighted by Crippen LogP contribution is 2.26. The summed E-state index contributed by atoms with van der Waals surface area (Å²) in [5, 5.41) is 8.27. The average molecular weight is 551 g/mol. The fourth-order valence-corrected chi connectivity index (χ4v) is 5.35. The van der Waals surface area contributed by atoms with E-state index in [1.807, 2.05) is 36.5 Å². The number of unbranched alkanes of at least 4 members (excludes halogenated alkanes) is 2. The third kappa shape index (κ3) is 6.82. The number of nitrogens with one attached hydrogen (secondary N) is 3. The third-order valence-corrected chi connectivity index (χ3v) is 7.61. The van der Waals surface area contributed by atoms with Crippen LogP contribution in [0.1, 0.15) is 63.1 Å². The van der Waals surface area contributed by atoms with Gasteiger partial charge in [-0.2, -0.15) is 0 Å². The molecule has 0 aliphatic rings. The molecule has 41 heavy (non-hydrogen) atoms. The summed E-state index contributed by atoms with van der Waals surface area (Å²) in [5.74, 6) is 1.76. The zero-order valence-electron chi connectivity index (χ0n) is 23.8. The zero-order chi connectivity index (χ0) is 28.6. The van der Waals surface area contributed by atoms with Gasteiger partial charge in [-0.1, -0.05) is 68.3 Å². The first-order valence-corrected chi connectivity index (χ1v) is 14.5. The van der Waals surface area contributed by atoms with Gasteiger partial charge in [0.2, 0.25) is 11.8 Å². The molecule has 0 aliphatic carbocycles. The molecule has 0 fully saturated rings. The maximum atomic E-state index is 13.3. The van der Waals surface area contributed by atoms with E-state index in [0.717, 1.165) is 66.0 Å². The molecule has 2 heterocycles. The van der Waals surface area contributed by atoms with E-state index in [0.29, 0.717) is 19.4 Å². The second-order valence-corrected chi connectivity index (χ2v) is 10.4. The number of para-hydroxylation sites is 2. The van der Waals surface area contributed by atoms with Crippen molar-refractivity contribution in [3.63, 3.8) is 0 Å². The highest BCUT2D eigenvalue weighted by atomic mass is 16.2. The number of imidazole rings is 2. The first-order chi connectivity index (χ1) is 20.1. The Balaban J connectivity index is 1.29. The van der Waals surface area contributed by atoms with Gasteiger partial charge in [0.15, 0.2) is 0 Å². The van der Waals surface area contributed by atoms with Gasteiger partial charge in [-0.05, 0) is 41.8 Å². The quantitative estimate of drug-likeness (QED) is 0.154. The molecule has 3 N–H and O–H groups in total. The number of nitrogens with zero attached hydrogens (tertiary/aromatic N) is 3. The number of benzene rings is 3. The minimum absolute atomic E-state index is 0.0242. The summed E-state index contributed by atoms with van der Waals surface area (Å²) >= 11 is 0. The Morgan fingerprint density at radius 1 is 0.927 bits per heavy atom. The van der Waals surface area contributed by atoms with E-state index in [1.54, 1.807) is 7.05 Å². The van der Waals surface area contributed by atoms with Crippen LogP contribution in [0.5, 0.6) is 0 Å². The van der Waals surface area contributed by atoms with Crippen LogP contribution in [-0.4, -0.2) is 38.4 Å². The molecule has 0 aliphatic heterocycles. The summed E-state index contributed by atoms with van der Waals surface area (Å²) in [6.07, 6.45) is 6.83. The Kier molecular flexibility index (Phi) is 9.08. The highest BCUT2D eigenvalue weighted by Gasteiger charge is 2.19. The van der Waals surface area contributed by atoms with Crippen molar-refractivity contribution in [2.24, 2.45) is 0 Å². The van der Waals surface area contributed by atoms with Gasteiger partial charge in [0.25, 0.3) is 0 Å². The van der Waals surface area contributed by atoms with E-state index < -0.39 is 0 Å². The number of fused-ring (bicyclic) bond motifs is 2. The van der Waals surface area contributed by atoms with E-state index in [4.69, 9.17) is 9.97 Å². The smallest absolute Gasteiger partial charge is 0.222 e. The Morgan fingerprint density at radius 2 is 1.73 bits per heavy atom. The van der Waals surface area contributed by atoms with Crippen LogP contribution in [0.2, 0.25) is 0 Å². The number of hydrogen-bond donors (Lipinski definition) is 3. The summed E-state index contributed by atoms with van der Waals surface area (Å²) in [6, 6.07) is 22.4. The summed E-state index contributed by atoms with van der Waals surface area (Å²) < 4.78 is 2.15. The highest BCUT2D eigenvalue weighted by molar-refractivity contribution is 5.86. The second kappa shape index (κ2) is 13.3. The summed E-state index contributed by atoms with van der Waals surface area (Å²) in [4.78, 5) is 37.8. The van der Waals surface area contributed by atoms with E-state index in [1.165, 1.54) is 10.8 Å². The molecular formula is C33H38N6O2. The summed E-state index contributed by atoms with van der Waals surface area (Å²) in [7, 11) is 1.66. The average Bonchev–Trinajstić information content (AvgIpc) is 3.64. The lowest BCUT2D eigenvalue weighted by molar-refractivity contribution is -0.122. The predicted octanol–water partition coefficient (Wildman–Crippen LogP) is 6.09. The van der Waals surface area contributed by atoms with Crippen LogP contribution < -0.4 is 10.6 Å². The van der Waals surface area contributed by atoms with Gasteiger partial charge in [0.05, 0.1) is 29.0 Å². The molecule has 212 valence electrons. The molecule has 2 aromatic heterocycles. The van der Waals surface area contributed by atoms with Crippen molar-refractivity contribution in [1.82, 2.24) is 30.2 Å². The molecule has 2 amide bonds. The fraction of sp³-hybridized carbons (Fsp3) is 0.333. The Labute approximate surface area is 240 Å². The first-order valence-electron chi connectivity index (χ1n) is 14.5. The Bertz CT molecular complexity index is 1640. The molecule has 5 rings (SSSR count). The number of aromatic nitrogens is 4. The van der Waals surface area contributed by atoms with Gasteiger partial charge in [-0.25, -0.2) is 9.97 Å². The van der Waals surface area contributed by atoms with Crippen LogP contribution in [0.4, 0.5) is 0 Å². The number of H-pyrrole nitrogens is 1. The lowest BCUT2D eigenvalue weighted by Gasteiger charge is -2.17. The molecule has 1 atom stereocenters. The van der Waals surface area contributed by atoms with Gasteiger partial charge in [0, 0.05) is 38.4 Å². The second-order valence-electron chi connectivity index (χ2n) is 10.4. The van der Waals surface area contributed by atoms with Gasteiger partial charge in [0.1, 0.15) is 11.6 Å². The molecule has 0 radical (unpaired) electrons. The van der Waals surface area contributed by atoms with E-state index in [2.05, 4.69) is 63.5 Å². The predicted molar refractivity (Wildman–Crippen MR) is 163 cm³/mol. The van der Waals surface area contributed by atoms with Crippen LogP contribution in [-0.2, 0) is 22.6 Å². The molecule has 0 bridgehead atoms. The molecule has 8 nitrogen and oxygen atoms in total.